The summed E-state index contributed by atoms with van der Waals surface area (Å²) in [5.74, 6) is -1.67. The SMILES string of the molecule is [2H]c1c([2H])c([2H])c(-c2nc(-c3ccc4c(c3)c3cccc5c3c3c4c(F)ccc3n5-c3c([2H])c([2H])c([2H])c([2H])c3[2H])nc(-c3c([2H])c([2H])c([2H])c([2H])c3[2H])n2)c([2H])c1[2H]. The van der Waals surface area contributed by atoms with Crippen molar-refractivity contribution >= 4 is 43.4 Å². The molecular formula is C39H23FN4. The standard InChI is InChI=1S/C39H23FN4/c40-31-21-22-33-36-34(31)29-20-19-26(23-30(29)28-17-10-18-32(35(28)36)44(33)27-15-8-3-9-16-27)39-42-37(24-11-4-1-5-12-24)41-38(43-39)25-13-6-2-7-14-25/h1-23H/i1D,2D,3D,4D,5D,6D,7D,8D,9D,11D,12D,13D,14D,15D,16D. The van der Waals surface area contributed by atoms with Gasteiger partial charge in [-0.1, -0.05) is 103 Å². The van der Waals surface area contributed by atoms with E-state index in [4.69, 9.17) is 20.6 Å². The van der Waals surface area contributed by atoms with Crippen molar-refractivity contribution in [3.8, 4) is 39.9 Å². The first kappa shape index (κ1) is 14.0. The molecule has 2 aromatic heterocycles. The first-order valence-electron chi connectivity index (χ1n) is 20.8. The summed E-state index contributed by atoms with van der Waals surface area (Å²) in [7, 11) is 0. The van der Waals surface area contributed by atoms with Crippen LogP contribution in [0.4, 0.5) is 4.39 Å². The van der Waals surface area contributed by atoms with E-state index in [-0.39, 0.29) is 22.5 Å². The largest absolute Gasteiger partial charge is 0.309 e. The molecule has 5 heteroatoms. The number of hydrogen-bond acceptors (Lipinski definition) is 3. The maximum Gasteiger partial charge on any atom is 0.164 e. The van der Waals surface area contributed by atoms with Gasteiger partial charge in [-0.15, -0.1) is 0 Å². The Labute approximate surface area is 273 Å². The molecule has 0 aliphatic rings. The molecule has 0 atom stereocenters. The van der Waals surface area contributed by atoms with Crippen molar-refractivity contribution in [3.63, 3.8) is 0 Å². The Morgan fingerprint density at radius 3 is 1.73 bits per heavy atom. The van der Waals surface area contributed by atoms with Crippen LogP contribution in [-0.4, -0.2) is 19.5 Å². The normalized spacial score (nSPS) is 16.5. The van der Waals surface area contributed by atoms with Gasteiger partial charge in [-0.05, 0) is 52.5 Å². The Bertz CT molecular complexity index is 3190. The molecule has 9 rings (SSSR count). The maximum atomic E-state index is 16.2. The second kappa shape index (κ2) is 9.54. The fourth-order valence-electron chi connectivity index (χ4n) is 5.78. The van der Waals surface area contributed by atoms with Crippen LogP contribution in [0.3, 0.4) is 0 Å². The fraction of sp³-hybridized carbons (Fsp3) is 0. The second-order valence-corrected chi connectivity index (χ2v) is 9.89. The van der Waals surface area contributed by atoms with E-state index in [2.05, 4.69) is 15.0 Å². The zero-order valence-electron chi connectivity index (χ0n) is 37.3. The van der Waals surface area contributed by atoms with E-state index < -0.39 is 119 Å². The Morgan fingerprint density at radius 1 is 0.500 bits per heavy atom. The van der Waals surface area contributed by atoms with Crippen molar-refractivity contribution in [2.75, 3.05) is 0 Å². The van der Waals surface area contributed by atoms with Crippen molar-refractivity contribution in [2.24, 2.45) is 0 Å². The van der Waals surface area contributed by atoms with Crippen molar-refractivity contribution in [1.82, 2.24) is 19.5 Å². The van der Waals surface area contributed by atoms with Gasteiger partial charge in [0, 0.05) is 38.5 Å². The van der Waals surface area contributed by atoms with E-state index in [1.54, 1.807) is 36.4 Å². The number of fused-ring (bicyclic) bond motifs is 3. The van der Waals surface area contributed by atoms with Crippen molar-refractivity contribution in [1.29, 1.82) is 0 Å². The molecule has 0 aliphatic heterocycles. The third-order valence-electron chi connectivity index (χ3n) is 7.54. The van der Waals surface area contributed by atoms with Gasteiger partial charge in [0.2, 0.25) is 0 Å². The average Bonchev–Trinajstić information content (AvgIpc) is 3.56. The van der Waals surface area contributed by atoms with Gasteiger partial charge < -0.3 is 4.57 Å². The molecule has 206 valence electrons. The van der Waals surface area contributed by atoms with Gasteiger partial charge in [0.1, 0.15) is 5.82 Å². The highest BCUT2D eigenvalue weighted by Crippen LogP contribution is 2.45. The van der Waals surface area contributed by atoms with E-state index in [9.17, 15) is 0 Å². The molecule has 0 saturated heterocycles. The first-order valence-corrected chi connectivity index (χ1v) is 13.3. The lowest BCUT2D eigenvalue weighted by atomic mass is 9.93. The summed E-state index contributed by atoms with van der Waals surface area (Å²) in [5.41, 5.74) is 0.0632. The maximum absolute atomic E-state index is 16.2. The lowest BCUT2D eigenvalue weighted by molar-refractivity contribution is 0.641. The third-order valence-corrected chi connectivity index (χ3v) is 7.54. The Kier molecular flexibility index (Phi) is 3.04. The fourth-order valence-corrected chi connectivity index (χ4v) is 5.78. The molecule has 0 amide bonds. The minimum absolute atomic E-state index is 0.122. The molecule has 0 N–H and O–H groups in total. The summed E-state index contributed by atoms with van der Waals surface area (Å²) in [6.45, 7) is 0. The average molecular weight is 582 g/mol. The summed E-state index contributed by atoms with van der Waals surface area (Å²) in [4.78, 5) is 13.4. The van der Waals surface area contributed by atoms with Gasteiger partial charge >= 0.3 is 0 Å². The van der Waals surface area contributed by atoms with Crippen LogP contribution in [0.25, 0.3) is 83.2 Å². The van der Waals surface area contributed by atoms with Crippen LogP contribution in [0.5, 0.6) is 0 Å². The molecule has 2 heterocycles. The molecule has 0 saturated carbocycles. The highest BCUT2D eigenvalue weighted by molar-refractivity contribution is 6.34. The smallest absolute Gasteiger partial charge is 0.164 e. The Balaban J connectivity index is 1.38. The monoisotopic (exact) mass is 581 g/mol. The van der Waals surface area contributed by atoms with E-state index in [0.717, 1.165) is 0 Å². The summed E-state index contributed by atoms with van der Waals surface area (Å²) < 4.78 is 144. The molecule has 9 aromatic rings. The van der Waals surface area contributed by atoms with Crippen LogP contribution in [0, 0.1) is 5.82 Å². The highest BCUT2D eigenvalue weighted by atomic mass is 19.1. The molecule has 0 radical (unpaired) electrons. The number of nitrogens with zero attached hydrogens (tertiary/aromatic N) is 4. The molecule has 4 nitrogen and oxygen atoms in total. The van der Waals surface area contributed by atoms with Crippen LogP contribution < -0.4 is 0 Å². The Morgan fingerprint density at radius 2 is 1.07 bits per heavy atom. The number of rotatable bonds is 4. The van der Waals surface area contributed by atoms with Crippen molar-refractivity contribution in [3.05, 3.63) is 145 Å². The van der Waals surface area contributed by atoms with E-state index in [0.29, 0.717) is 38.0 Å². The zero-order chi connectivity index (χ0) is 42.3. The Hall–Kier alpha value is -5.94. The summed E-state index contributed by atoms with van der Waals surface area (Å²) in [5, 5.41) is 2.58. The van der Waals surface area contributed by atoms with Crippen molar-refractivity contribution < 1.29 is 25.0 Å². The molecular weight excluding hydrogens is 543 g/mol. The lowest BCUT2D eigenvalue weighted by Gasteiger charge is -2.12. The first-order chi connectivity index (χ1) is 28.0. The lowest BCUT2D eigenvalue weighted by Crippen LogP contribution is -2.00. The summed E-state index contributed by atoms with van der Waals surface area (Å²) in [6.07, 6.45) is 0. The van der Waals surface area contributed by atoms with E-state index >= 15 is 4.39 Å². The minimum Gasteiger partial charge on any atom is -0.309 e. The van der Waals surface area contributed by atoms with Gasteiger partial charge in [-0.25, -0.2) is 19.3 Å². The molecule has 0 fully saturated rings. The second-order valence-electron chi connectivity index (χ2n) is 9.89. The van der Waals surface area contributed by atoms with Gasteiger partial charge in [-0.2, -0.15) is 0 Å². The van der Waals surface area contributed by atoms with Gasteiger partial charge in [0.25, 0.3) is 0 Å². The van der Waals surface area contributed by atoms with Gasteiger partial charge in [0.15, 0.2) is 17.5 Å². The number of halogens is 1. The molecule has 0 bridgehead atoms. The van der Waals surface area contributed by atoms with Crippen LogP contribution in [-0.2, 0) is 0 Å². The predicted molar refractivity (Wildman–Crippen MR) is 177 cm³/mol. The number of aromatic nitrogens is 4. The number of hydrogen-bond donors (Lipinski definition) is 0. The van der Waals surface area contributed by atoms with Crippen LogP contribution >= 0.6 is 0 Å². The summed E-state index contributed by atoms with van der Waals surface area (Å²) in [6, 6.07) is 3.41. The van der Waals surface area contributed by atoms with Crippen LogP contribution in [0.15, 0.2) is 139 Å². The molecule has 44 heavy (non-hydrogen) atoms. The van der Waals surface area contributed by atoms with Gasteiger partial charge in [0.05, 0.1) is 31.6 Å². The summed E-state index contributed by atoms with van der Waals surface area (Å²) >= 11 is 0. The van der Waals surface area contributed by atoms with Crippen LogP contribution in [0.2, 0.25) is 0 Å². The van der Waals surface area contributed by atoms with E-state index in [1.807, 2.05) is 0 Å². The number of benzene rings is 7. The van der Waals surface area contributed by atoms with E-state index in [1.165, 1.54) is 16.7 Å². The molecule has 7 aromatic carbocycles. The minimum atomic E-state index is -0.684. The quantitative estimate of drug-likeness (QED) is 0.194. The zero-order valence-corrected chi connectivity index (χ0v) is 22.3. The molecule has 0 unspecified atom stereocenters. The molecule has 0 aliphatic carbocycles. The topological polar surface area (TPSA) is 43.6 Å². The third kappa shape index (κ3) is 3.66. The molecule has 0 spiro atoms. The predicted octanol–water partition coefficient (Wildman–Crippen LogP) is 9.85. The van der Waals surface area contributed by atoms with Gasteiger partial charge in [-0.3, -0.25) is 0 Å². The van der Waals surface area contributed by atoms with Crippen molar-refractivity contribution in [2.45, 2.75) is 0 Å². The van der Waals surface area contributed by atoms with Crippen LogP contribution in [0.1, 0.15) is 20.6 Å². The highest BCUT2D eigenvalue weighted by Gasteiger charge is 2.22. The number of para-hydroxylation sites is 1.